The van der Waals surface area contributed by atoms with Crippen molar-refractivity contribution in [1.29, 1.82) is 0 Å². The van der Waals surface area contributed by atoms with Gasteiger partial charge >= 0.3 is 0 Å². The van der Waals surface area contributed by atoms with Crippen molar-refractivity contribution in [2.45, 2.75) is 53.2 Å². The molecule has 1 spiro atoms. The van der Waals surface area contributed by atoms with Crippen LogP contribution in [0.1, 0.15) is 24.8 Å². The molecule has 0 bridgehead atoms. The van der Waals surface area contributed by atoms with Crippen LogP contribution in [0, 0.1) is 0 Å². The van der Waals surface area contributed by atoms with Crippen LogP contribution in [0.25, 0.3) is 0 Å². The number of amides is 1. The third kappa shape index (κ3) is 6.15. The van der Waals surface area contributed by atoms with Crippen molar-refractivity contribution in [3.05, 3.63) is 42.1 Å². The van der Waals surface area contributed by atoms with Crippen molar-refractivity contribution >= 4 is 31.8 Å². The summed E-state index contributed by atoms with van der Waals surface area (Å²) in [5.41, 5.74) is 0.145. The molecule has 1 unspecified atom stereocenters. The second-order valence-corrected chi connectivity index (χ2v) is 14.1. The van der Waals surface area contributed by atoms with Gasteiger partial charge in [-0.1, -0.05) is 6.07 Å². The predicted octanol–water partition coefficient (Wildman–Crippen LogP) is -0.174. The topological polar surface area (TPSA) is 176 Å². The van der Waals surface area contributed by atoms with Gasteiger partial charge in [0.2, 0.25) is 26.0 Å². The minimum absolute atomic E-state index is 0.00662. The highest BCUT2D eigenvalue weighted by Crippen LogP contribution is 2.37. The molecule has 2 fully saturated rings. The smallest absolute Gasteiger partial charge is 0.244 e. The Balaban J connectivity index is 1.08. The quantitative estimate of drug-likeness (QED) is 0.288. The van der Waals surface area contributed by atoms with Crippen molar-refractivity contribution in [2.75, 3.05) is 45.2 Å². The fourth-order valence-electron chi connectivity index (χ4n) is 5.24. The fraction of sp³-hybridized carbons (Fsp3) is 0.520. The van der Waals surface area contributed by atoms with Crippen LogP contribution in [0.15, 0.2) is 46.3 Å². The number of nitrogens with one attached hydrogen (secondary N) is 3. The standard InChI is InChI=1S/C25H33N5O8S2/c1-26-39(33,34)21-4-2-3-20(11-21)37-16-19(31)13-27-18-12-25(38-15-18)5-7-30(8-6-25)40(35,36)22-9-17-10-23(32)29-24(17)28-14-22/h2-4,9,11,14,18-19,26-27,31H,5-8,10,12-13,15-16H2,1H3,(H,28,29,32)/t18-,19?/m1/s1. The number of aliphatic hydroxyl groups is 1. The number of hydrogen-bond acceptors (Lipinski definition) is 10. The van der Waals surface area contributed by atoms with E-state index >= 15 is 0 Å². The molecule has 4 heterocycles. The lowest BCUT2D eigenvalue weighted by atomic mass is 9.88. The Labute approximate surface area is 233 Å². The molecule has 13 nitrogen and oxygen atoms in total. The summed E-state index contributed by atoms with van der Waals surface area (Å²) in [7, 11) is -6.01. The fourth-order valence-corrected chi connectivity index (χ4v) is 7.44. The Kier molecular flexibility index (Phi) is 8.16. The van der Waals surface area contributed by atoms with Crippen LogP contribution in [0.4, 0.5) is 5.82 Å². The van der Waals surface area contributed by atoms with E-state index in [1.54, 1.807) is 12.1 Å². The highest BCUT2D eigenvalue weighted by Gasteiger charge is 2.45. The zero-order valence-electron chi connectivity index (χ0n) is 22.0. The molecule has 2 aromatic rings. The molecule has 1 aromatic heterocycles. The summed E-state index contributed by atoms with van der Waals surface area (Å²) in [6.45, 7) is 1.29. The van der Waals surface area contributed by atoms with Crippen molar-refractivity contribution in [2.24, 2.45) is 0 Å². The highest BCUT2D eigenvalue weighted by atomic mass is 32.2. The maximum absolute atomic E-state index is 13.2. The molecule has 4 N–H and O–H groups in total. The first kappa shape index (κ1) is 28.9. The van der Waals surface area contributed by atoms with Gasteiger partial charge in [0.15, 0.2) is 0 Å². The number of carbonyl (C=O) groups is 1. The van der Waals surface area contributed by atoms with E-state index in [1.807, 2.05) is 0 Å². The van der Waals surface area contributed by atoms with E-state index in [-0.39, 0.29) is 41.3 Å². The lowest BCUT2D eigenvalue weighted by Crippen LogP contribution is -2.47. The third-order valence-electron chi connectivity index (χ3n) is 7.50. The summed E-state index contributed by atoms with van der Waals surface area (Å²) >= 11 is 0. The Hall–Kier alpha value is -2.66. The largest absolute Gasteiger partial charge is 0.491 e. The van der Waals surface area contributed by atoms with Gasteiger partial charge in [0.1, 0.15) is 29.2 Å². The Bertz CT molecular complexity index is 1480. The molecule has 0 aliphatic carbocycles. The number of rotatable bonds is 10. The molecule has 0 saturated carbocycles. The van der Waals surface area contributed by atoms with E-state index in [2.05, 4.69) is 20.3 Å². The normalized spacial score (nSPS) is 21.8. The number of benzene rings is 1. The molecule has 2 atom stereocenters. The van der Waals surface area contributed by atoms with Crippen LogP contribution in [-0.2, 0) is 36.0 Å². The first-order chi connectivity index (χ1) is 19.0. The molecule has 2 saturated heterocycles. The maximum atomic E-state index is 13.2. The molecular weight excluding hydrogens is 562 g/mol. The average molecular weight is 596 g/mol. The summed E-state index contributed by atoms with van der Waals surface area (Å²) in [5, 5.41) is 16.3. The van der Waals surface area contributed by atoms with Crippen LogP contribution >= 0.6 is 0 Å². The van der Waals surface area contributed by atoms with Gasteiger partial charge in [-0.25, -0.2) is 26.5 Å². The van der Waals surface area contributed by atoms with Crippen molar-refractivity contribution in [3.63, 3.8) is 0 Å². The highest BCUT2D eigenvalue weighted by molar-refractivity contribution is 7.89. The summed E-state index contributed by atoms with van der Waals surface area (Å²) < 4.78 is 65.8. The number of aromatic nitrogens is 1. The number of hydrogen-bond donors (Lipinski definition) is 4. The van der Waals surface area contributed by atoms with Crippen LogP contribution in [0.2, 0.25) is 0 Å². The number of pyridine rings is 1. The average Bonchev–Trinajstić information content (AvgIpc) is 3.52. The van der Waals surface area contributed by atoms with Gasteiger partial charge < -0.3 is 25.2 Å². The zero-order chi connectivity index (χ0) is 28.5. The van der Waals surface area contributed by atoms with Crippen LogP contribution < -0.4 is 20.1 Å². The number of carbonyl (C=O) groups excluding carboxylic acids is 1. The van der Waals surface area contributed by atoms with Crippen molar-refractivity contribution in [3.8, 4) is 5.75 Å². The molecule has 1 amide bonds. The first-order valence-corrected chi connectivity index (χ1v) is 15.9. The number of ether oxygens (including phenoxy) is 2. The van der Waals surface area contributed by atoms with Gasteiger partial charge in [0.05, 0.1) is 23.5 Å². The Morgan fingerprint density at radius 2 is 2.00 bits per heavy atom. The van der Waals surface area contributed by atoms with Crippen molar-refractivity contribution < 1.29 is 36.2 Å². The van der Waals surface area contributed by atoms with Gasteiger partial charge in [0, 0.05) is 43.5 Å². The van der Waals surface area contributed by atoms with Crippen LogP contribution in [-0.4, -0.2) is 94.8 Å². The van der Waals surface area contributed by atoms with Gasteiger partial charge in [-0.2, -0.15) is 4.31 Å². The van der Waals surface area contributed by atoms with Gasteiger partial charge in [-0.3, -0.25) is 4.79 Å². The van der Waals surface area contributed by atoms with E-state index in [0.29, 0.717) is 56.1 Å². The van der Waals surface area contributed by atoms with E-state index in [4.69, 9.17) is 9.47 Å². The maximum Gasteiger partial charge on any atom is 0.244 e. The molecule has 15 heteroatoms. The van der Waals surface area contributed by atoms with Crippen LogP contribution in [0.5, 0.6) is 5.75 Å². The van der Waals surface area contributed by atoms with E-state index in [0.717, 1.165) is 0 Å². The molecule has 5 rings (SSSR count). The third-order valence-corrected chi connectivity index (χ3v) is 10.8. The van der Waals surface area contributed by atoms with E-state index in [9.17, 15) is 26.7 Å². The van der Waals surface area contributed by atoms with Gasteiger partial charge in [0.25, 0.3) is 0 Å². The molecule has 40 heavy (non-hydrogen) atoms. The second kappa shape index (κ2) is 11.3. The SMILES string of the molecule is CNS(=O)(=O)c1cccc(OCC(O)CN[C@H]2COC3(CCN(S(=O)(=O)c4cnc5c(c4)CC(=O)N5)CC3)C2)c1. The van der Waals surface area contributed by atoms with Crippen LogP contribution in [0.3, 0.4) is 0 Å². The number of nitrogens with zero attached hydrogens (tertiary/aromatic N) is 2. The number of fused-ring (bicyclic) bond motifs is 1. The molecule has 3 aliphatic rings. The summed E-state index contributed by atoms with van der Waals surface area (Å²) in [4.78, 5) is 15.9. The van der Waals surface area contributed by atoms with E-state index in [1.165, 1.54) is 35.7 Å². The number of sulfonamides is 2. The number of piperidine rings is 1. The monoisotopic (exact) mass is 595 g/mol. The minimum atomic E-state index is -3.75. The Morgan fingerprint density at radius 3 is 2.75 bits per heavy atom. The van der Waals surface area contributed by atoms with Crippen molar-refractivity contribution in [1.82, 2.24) is 19.3 Å². The lowest BCUT2D eigenvalue weighted by molar-refractivity contribution is -0.115. The summed E-state index contributed by atoms with van der Waals surface area (Å²) in [6.07, 6.45) is 2.34. The molecular formula is C25H33N5O8S2. The first-order valence-electron chi connectivity index (χ1n) is 13.0. The minimum Gasteiger partial charge on any atom is -0.491 e. The Morgan fingerprint density at radius 1 is 1.23 bits per heavy atom. The van der Waals surface area contributed by atoms with E-state index < -0.39 is 31.8 Å². The summed E-state index contributed by atoms with van der Waals surface area (Å²) in [6, 6.07) is 7.55. The summed E-state index contributed by atoms with van der Waals surface area (Å²) in [5.74, 6) is 0.539. The lowest BCUT2D eigenvalue weighted by Gasteiger charge is -2.38. The second-order valence-electron chi connectivity index (χ2n) is 10.3. The zero-order valence-corrected chi connectivity index (χ0v) is 23.6. The number of anilines is 1. The molecule has 0 radical (unpaired) electrons. The molecule has 218 valence electrons. The predicted molar refractivity (Wildman–Crippen MR) is 144 cm³/mol. The number of aliphatic hydroxyl groups excluding tert-OH is 1. The van der Waals surface area contributed by atoms with Gasteiger partial charge in [-0.15, -0.1) is 0 Å². The van der Waals surface area contributed by atoms with Gasteiger partial charge in [-0.05, 0) is 44.5 Å². The molecule has 3 aliphatic heterocycles. The molecule has 1 aromatic carbocycles.